The number of amides is 2. The lowest BCUT2D eigenvalue weighted by Crippen LogP contribution is -2.50. The highest BCUT2D eigenvalue weighted by molar-refractivity contribution is 9.10. The van der Waals surface area contributed by atoms with Gasteiger partial charge in [-0.2, -0.15) is 0 Å². The largest absolute Gasteiger partial charge is 0.495 e. The summed E-state index contributed by atoms with van der Waals surface area (Å²) in [6, 6.07) is 7.20. The molecule has 1 aliphatic heterocycles. The molecule has 2 amide bonds. The summed E-state index contributed by atoms with van der Waals surface area (Å²) >= 11 is 4.91. The Morgan fingerprint density at radius 1 is 0.963 bits per heavy atom. The van der Waals surface area contributed by atoms with Crippen LogP contribution in [0.1, 0.15) is 24.9 Å². The Hall–Kier alpha value is -2.06. The van der Waals surface area contributed by atoms with Gasteiger partial charge in [-0.15, -0.1) is 11.3 Å². The Morgan fingerprint density at radius 2 is 1.48 bits per heavy atom. The quantitative estimate of drug-likeness (QED) is 0.712. The molecule has 1 fully saturated rings. The summed E-state index contributed by atoms with van der Waals surface area (Å²) in [6.07, 6.45) is 0. The van der Waals surface area contributed by atoms with E-state index in [9.17, 15) is 9.59 Å². The van der Waals surface area contributed by atoms with Gasteiger partial charge in [0.25, 0.3) is 11.8 Å². The van der Waals surface area contributed by atoms with E-state index in [0.29, 0.717) is 47.7 Å². The van der Waals surface area contributed by atoms with Crippen LogP contribution in [-0.4, -0.2) is 62.0 Å². The molecule has 1 aromatic carbocycles. The Balaban J connectivity index is 1.69. The van der Waals surface area contributed by atoms with Gasteiger partial charge in [-0.1, -0.05) is 0 Å². The van der Waals surface area contributed by atoms with Gasteiger partial charge in [-0.25, -0.2) is 0 Å². The Bertz CT molecular complexity index is 834. The van der Waals surface area contributed by atoms with E-state index in [-0.39, 0.29) is 11.8 Å². The van der Waals surface area contributed by atoms with Crippen molar-refractivity contribution in [1.82, 2.24) is 9.80 Å². The van der Waals surface area contributed by atoms with Gasteiger partial charge in [0.05, 0.1) is 19.1 Å². The predicted molar refractivity (Wildman–Crippen MR) is 108 cm³/mol. The maximum Gasteiger partial charge on any atom is 0.264 e. The van der Waals surface area contributed by atoms with Gasteiger partial charge < -0.3 is 19.3 Å². The molecule has 0 N–H and O–H groups in total. The second kappa shape index (κ2) is 8.31. The molecule has 3 rings (SSSR count). The third-order valence-corrected chi connectivity index (χ3v) is 6.27. The summed E-state index contributed by atoms with van der Waals surface area (Å²) in [5.74, 6) is 1.02. The normalized spacial score (nSPS) is 14.2. The van der Waals surface area contributed by atoms with Gasteiger partial charge >= 0.3 is 0 Å². The van der Waals surface area contributed by atoms with Gasteiger partial charge in [-0.3, -0.25) is 9.59 Å². The highest BCUT2D eigenvalue weighted by Crippen LogP contribution is 2.36. The Kier molecular flexibility index (Phi) is 6.06. The number of hydrogen-bond donors (Lipinski definition) is 0. The molecule has 1 aromatic heterocycles. The number of ether oxygens (including phenoxy) is 2. The van der Waals surface area contributed by atoms with Crippen LogP contribution in [0.2, 0.25) is 0 Å². The van der Waals surface area contributed by atoms with Crippen molar-refractivity contribution in [3.63, 3.8) is 0 Å². The molecule has 2 aromatic rings. The second-order valence-corrected chi connectivity index (χ2v) is 8.27. The van der Waals surface area contributed by atoms with Gasteiger partial charge in [-0.05, 0) is 47.1 Å². The van der Waals surface area contributed by atoms with Crippen LogP contribution in [0.25, 0.3) is 0 Å². The fourth-order valence-electron chi connectivity index (χ4n) is 2.99. The van der Waals surface area contributed by atoms with Crippen molar-refractivity contribution in [2.24, 2.45) is 0 Å². The van der Waals surface area contributed by atoms with Gasteiger partial charge in [0.1, 0.15) is 16.0 Å². The first kappa shape index (κ1) is 19.7. The topological polar surface area (TPSA) is 59.1 Å². The number of carbonyl (C=O) groups is 2. The number of nitrogens with zero attached hydrogens (tertiary/aromatic N) is 2. The lowest BCUT2D eigenvalue weighted by atomic mass is 10.1. The molecule has 6 nitrogen and oxygen atoms in total. The average Bonchev–Trinajstić information content (AvgIpc) is 3.13. The summed E-state index contributed by atoms with van der Waals surface area (Å²) in [7, 11) is 3.09. The number of piperazine rings is 1. The van der Waals surface area contributed by atoms with Crippen molar-refractivity contribution < 1.29 is 19.1 Å². The van der Waals surface area contributed by atoms with E-state index in [2.05, 4.69) is 15.9 Å². The molecule has 8 heteroatoms. The number of halogens is 1. The fraction of sp³-hybridized carbons (Fsp3) is 0.368. The third-order valence-electron chi connectivity index (χ3n) is 4.50. The highest BCUT2D eigenvalue weighted by Gasteiger charge is 2.27. The van der Waals surface area contributed by atoms with Gasteiger partial charge in [0.2, 0.25) is 0 Å². The maximum absolute atomic E-state index is 12.9. The average molecular weight is 453 g/mol. The molecule has 0 spiro atoms. The molecule has 0 unspecified atom stereocenters. The zero-order valence-corrected chi connectivity index (χ0v) is 17.9. The van der Waals surface area contributed by atoms with Crippen LogP contribution < -0.4 is 9.47 Å². The number of rotatable bonds is 4. The van der Waals surface area contributed by atoms with Gasteiger partial charge in [0.15, 0.2) is 0 Å². The summed E-state index contributed by atoms with van der Waals surface area (Å²) in [4.78, 5) is 30.9. The summed E-state index contributed by atoms with van der Waals surface area (Å²) in [5.41, 5.74) is 0.501. The van der Waals surface area contributed by atoms with Crippen LogP contribution in [-0.2, 0) is 0 Å². The van der Waals surface area contributed by atoms with Crippen LogP contribution in [0.5, 0.6) is 11.5 Å². The molecule has 0 bridgehead atoms. The van der Waals surface area contributed by atoms with E-state index in [4.69, 9.17) is 9.47 Å². The lowest BCUT2D eigenvalue weighted by Gasteiger charge is -2.34. The highest BCUT2D eigenvalue weighted by atomic mass is 79.9. The number of thiophene rings is 1. The standard InChI is InChI=1S/C19H21BrN2O4S/c1-12-4-5-16(27-12)19(24)22-8-6-21(7-9-22)18(23)13-10-14(25-2)17(20)15(11-13)26-3/h4-5,10-11H,6-9H2,1-3H3. The number of aryl methyl sites for hydroxylation is 1. The number of benzene rings is 1. The van der Waals surface area contributed by atoms with E-state index >= 15 is 0 Å². The van der Waals surface area contributed by atoms with E-state index < -0.39 is 0 Å². The first-order valence-electron chi connectivity index (χ1n) is 8.51. The van der Waals surface area contributed by atoms with Crippen LogP contribution in [0.15, 0.2) is 28.7 Å². The minimum Gasteiger partial charge on any atom is -0.495 e. The molecule has 1 aliphatic rings. The third kappa shape index (κ3) is 4.11. The van der Waals surface area contributed by atoms with Crippen molar-refractivity contribution in [3.8, 4) is 11.5 Å². The number of hydrogen-bond acceptors (Lipinski definition) is 5. The molecular weight excluding hydrogens is 432 g/mol. The minimum atomic E-state index is -0.0989. The monoisotopic (exact) mass is 452 g/mol. The molecule has 144 valence electrons. The van der Waals surface area contributed by atoms with Crippen molar-refractivity contribution in [3.05, 3.63) is 44.1 Å². The first-order valence-corrected chi connectivity index (χ1v) is 10.1. The second-order valence-electron chi connectivity index (χ2n) is 6.19. The van der Waals surface area contributed by atoms with Crippen molar-refractivity contribution in [2.45, 2.75) is 6.92 Å². The number of carbonyl (C=O) groups excluding carboxylic acids is 2. The van der Waals surface area contributed by atoms with Gasteiger partial charge in [0, 0.05) is 36.6 Å². The van der Waals surface area contributed by atoms with E-state index in [0.717, 1.165) is 9.75 Å². The van der Waals surface area contributed by atoms with Crippen LogP contribution >= 0.6 is 27.3 Å². The molecule has 0 radical (unpaired) electrons. The van der Waals surface area contributed by atoms with E-state index in [1.54, 1.807) is 36.2 Å². The Morgan fingerprint density at radius 3 is 1.93 bits per heavy atom. The minimum absolute atomic E-state index is 0.0344. The summed E-state index contributed by atoms with van der Waals surface area (Å²) in [5, 5.41) is 0. The molecule has 2 heterocycles. The maximum atomic E-state index is 12.9. The fourth-order valence-corrected chi connectivity index (χ4v) is 4.38. The van der Waals surface area contributed by atoms with E-state index in [1.807, 2.05) is 19.1 Å². The smallest absolute Gasteiger partial charge is 0.264 e. The zero-order valence-electron chi connectivity index (χ0n) is 15.5. The summed E-state index contributed by atoms with van der Waals surface area (Å²) < 4.78 is 11.3. The molecule has 0 aliphatic carbocycles. The zero-order chi connectivity index (χ0) is 19.6. The molecule has 1 saturated heterocycles. The van der Waals surface area contributed by atoms with Crippen LogP contribution in [0.3, 0.4) is 0 Å². The number of methoxy groups -OCH3 is 2. The molecule has 0 atom stereocenters. The predicted octanol–water partition coefficient (Wildman–Crippen LogP) is 3.43. The first-order chi connectivity index (χ1) is 12.9. The van der Waals surface area contributed by atoms with Crippen LogP contribution in [0, 0.1) is 6.92 Å². The lowest BCUT2D eigenvalue weighted by molar-refractivity contribution is 0.0538. The Labute approximate surface area is 170 Å². The van der Waals surface area contributed by atoms with Crippen molar-refractivity contribution in [2.75, 3.05) is 40.4 Å². The molecule has 27 heavy (non-hydrogen) atoms. The molecular formula is C19H21BrN2O4S. The van der Waals surface area contributed by atoms with Crippen molar-refractivity contribution in [1.29, 1.82) is 0 Å². The molecule has 0 saturated carbocycles. The SMILES string of the molecule is COc1cc(C(=O)N2CCN(C(=O)c3ccc(C)s3)CC2)cc(OC)c1Br. The van der Waals surface area contributed by atoms with Crippen LogP contribution in [0.4, 0.5) is 0 Å². The van der Waals surface area contributed by atoms with E-state index in [1.165, 1.54) is 11.3 Å². The summed E-state index contributed by atoms with van der Waals surface area (Å²) in [6.45, 7) is 4.02. The van der Waals surface area contributed by atoms with Crippen molar-refractivity contribution >= 4 is 39.1 Å².